The second-order valence-corrected chi connectivity index (χ2v) is 6.84. The fourth-order valence-electron chi connectivity index (χ4n) is 3.06. The Morgan fingerprint density at radius 3 is 2.73 bits per heavy atom. The molecule has 2 aromatic rings. The maximum atomic E-state index is 12.5. The summed E-state index contributed by atoms with van der Waals surface area (Å²) >= 11 is 0. The van der Waals surface area contributed by atoms with Gasteiger partial charge in [-0.3, -0.25) is 4.79 Å². The van der Waals surface area contributed by atoms with Crippen LogP contribution in [0.25, 0.3) is 0 Å². The number of rotatable bonds is 6. The zero-order valence-corrected chi connectivity index (χ0v) is 15.4. The highest BCUT2D eigenvalue weighted by Gasteiger charge is 2.40. The third-order valence-corrected chi connectivity index (χ3v) is 4.41. The van der Waals surface area contributed by atoms with Crippen molar-refractivity contribution < 1.29 is 9.63 Å². The van der Waals surface area contributed by atoms with E-state index in [1.807, 2.05) is 44.3 Å². The molecule has 1 amide bonds. The van der Waals surface area contributed by atoms with Crippen LogP contribution in [0.2, 0.25) is 0 Å². The van der Waals surface area contributed by atoms with Crippen LogP contribution >= 0.6 is 0 Å². The van der Waals surface area contributed by atoms with Crippen LogP contribution in [0.1, 0.15) is 31.4 Å². The van der Waals surface area contributed by atoms with Gasteiger partial charge in [0.15, 0.2) is 0 Å². The van der Waals surface area contributed by atoms with Crippen molar-refractivity contribution in [3.8, 4) is 0 Å². The van der Waals surface area contributed by atoms with Gasteiger partial charge in [-0.25, -0.2) is 4.98 Å². The number of hydrogen-bond donors (Lipinski definition) is 1. The number of benzene rings is 1. The highest BCUT2D eigenvalue weighted by atomic mass is 16.7. The summed E-state index contributed by atoms with van der Waals surface area (Å²) in [5, 5.41) is 6.85. The number of pyridine rings is 1. The third-order valence-electron chi connectivity index (χ3n) is 4.41. The number of nitrogens with one attached hydrogen (secondary N) is 1. The number of oxime groups is 1. The van der Waals surface area contributed by atoms with Gasteiger partial charge in [0.05, 0.1) is 5.71 Å². The first-order valence-corrected chi connectivity index (χ1v) is 8.67. The number of carbonyl (C=O) groups excluding carboxylic acids is 1. The van der Waals surface area contributed by atoms with Crippen LogP contribution in [0.5, 0.6) is 0 Å². The summed E-state index contributed by atoms with van der Waals surface area (Å²) in [7, 11) is 2.00. The van der Waals surface area contributed by atoms with E-state index >= 15 is 0 Å². The van der Waals surface area contributed by atoms with E-state index in [4.69, 9.17) is 4.84 Å². The van der Waals surface area contributed by atoms with Gasteiger partial charge in [-0.1, -0.05) is 41.6 Å². The highest BCUT2D eigenvalue weighted by molar-refractivity contribution is 5.94. The molecular formula is C20H24N4O2. The molecule has 1 atom stereocenters. The van der Waals surface area contributed by atoms with Crippen molar-refractivity contribution in [2.45, 2.75) is 39.0 Å². The maximum Gasteiger partial charge on any atom is 0.267 e. The van der Waals surface area contributed by atoms with Gasteiger partial charge in [0.25, 0.3) is 5.91 Å². The van der Waals surface area contributed by atoms with Crippen molar-refractivity contribution in [3.63, 3.8) is 0 Å². The van der Waals surface area contributed by atoms with Gasteiger partial charge in [-0.2, -0.15) is 0 Å². The SMILES string of the molecule is CC1=NO[C@@](C)(C(=O)NCc2cccnc2N(C)Cc2ccccc2)C1. The van der Waals surface area contributed by atoms with Crippen molar-refractivity contribution in [3.05, 3.63) is 59.8 Å². The lowest BCUT2D eigenvalue weighted by Crippen LogP contribution is -2.44. The fourth-order valence-corrected chi connectivity index (χ4v) is 3.06. The van der Waals surface area contributed by atoms with Crippen LogP contribution in [0.3, 0.4) is 0 Å². The molecule has 26 heavy (non-hydrogen) atoms. The molecule has 2 heterocycles. The first-order chi connectivity index (χ1) is 12.5. The van der Waals surface area contributed by atoms with Crippen molar-refractivity contribution in [1.82, 2.24) is 10.3 Å². The topological polar surface area (TPSA) is 66.8 Å². The van der Waals surface area contributed by atoms with E-state index in [2.05, 4.69) is 32.5 Å². The molecule has 0 saturated heterocycles. The lowest BCUT2D eigenvalue weighted by Gasteiger charge is -2.23. The molecule has 6 heteroatoms. The Labute approximate surface area is 153 Å². The monoisotopic (exact) mass is 352 g/mol. The molecule has 6 nitrogen and oxygen atoms in total. The maximum absolute atomic E-state index is 12.5. The Morgan fingerprint density at radius 1 is 1.27 bits per heavy atom. The summed E-state index contributed by atoms with van der Waals surface area (Å²) in [4.78, 5) is 24.4. The predicted molar refractivity (Wildman–Crippen MR) is 102 cm³/mol. The summed E-state index contributed by atoms with van der Waals surface area (Å²) in [6, 6.07) is 14.1. The van der Waals surface area contributed by atoms with Crippen LogP contribution in [-0.2, 0) is 22.7 Å². The predicted octanol–water partition coefficient (Wildman–Crippen LogP) is 2.89. The second-order valence-electron chi connectivity index (χ2n) is 6.84. The molecule has 0 aliphatic carbocycles. The Hall–Kier alpha value is -2.89. The summed E-state index contributed by atoms with van der Waals surface area (Å²) in [5.41, 5.74) is 2.06. The Kier molecular flexibility index (Phi) is 5.21. The van der Waals surface area contributed by atoms with Gasteiger partial charge in [0.1, 0.15) is 5.82 Å². The molecule has 1 aromatic carbocycles. The molecule has 1 N–H and O–H groups in total. The van der Waals surface area contributed by atoms with Crippen LogP contribution in [0.15, 0.2) is 53.8 Å². The number of hydrogen-bond acceptors (Lipinski definition) is 5. The highest BCUT2D eigenvalue weighted by Crippen LogP contribution is 2.24. The molecule has 0 radical (unpaired) electrons. The van der Waals surface area contributed by atoms with E-state index in [-0.39, 0.29) is 5.91 Å². The molecule has 3 rings (SSSR count). The van der Waals surface area contributed by atoms with Gasteiger partial charge in [0.2, 0.25) is 5.60 Å². The molecule has 0 unspecified atom stereocenters. The average molecular weight is 352 g/mol. The number of anilines is 1. The summed E-state index contributed by atoms with van der Waals surface area (Å²) in [6.07, 6.45) is 2.27. The quantitative estimate of drug-likeness (QED) is 0.868. The Bertz CT molecular complexity index is 806. The minimum absolute atomic E-state index is 0.168. The van der Waals surface area contributed by atoms with E-state index in [0.29, 0.717) is 13.0 Å². The van der Waals surface area contributed by atoms with E-state index in [1.54, 1.807) is 13.1 Å². The van der Waals surface area contributed by atoms with Crippen LogP contribution < -0.4 is 10.2 Å². The van der Waals surface area contributed by atoms with Crippen molar-refractivity contribution in [1.29, 1.82) is 0 Å². The van der Waals surface area contributed by atoms with E-state index in [9.17, 15) is 4.79 Å². The minimum atomic E-state index is -0.928. The molecule has 0 spiro atoms. The summed E-state index contributed by atoms with van der Waals surface area (Å²) < 4.78 is 0. The lowest BCUT2D eigenvalue weighted by molar-refractivity contribution is -0.141. The van der Waals surface area contributed by atoms with Crippen LogP contribution in [0, 0.1) is 0 Å². The number of aromatic nitrogens is 1. The average Bonchev–Trinajstić information content (AvgIpc) is 3.01. The van der Waals surface area contributed by atoms with Crippen molar-refractivity contribution in [2.75, 3.05) is 11.9 Å². The molecule has 0 saturated carbocycles. The molecule has 0 bridgehead atoms. The third kappa shape index (κ3) is 4.02. The molecule has 1 aromatic heterocycles. The van der Waals surface area contributed by atoms with Gasteiger partial charge in [-0.05, 0) is 25.5 Å². The normalized spacial score (nSPS) is 18.8. The molecule has 136 valence electrons. The standard InChI is InChI=1S/C20H24N4O2/c1-15-12-20(2,26-23-15)19(25)22-13-17-10-7-11-21-18(17)24(3)14-16-8-5-4-6-9-16/h4-11H,12-14H2,1-3H3,(H,22,25)/t20-/m1/s1. The van der Waals surface area contributed by atoms with Gasteiger partial charge in [0, 0.05) is 38.3 Å². The number of carbonyl (C=O) groups is 1. The number of amides is 1. The smallest absolute Gasteiger partial charge is 0.267 e. The fraction of sp³-hybridized carbons (Fsp3) is 0.350. The molecule has 1 aliphatic heterocycles. The molecule has 1 aliphatic rings. The lowest BCUT2D eigenvalue weighted by atomic mass is 9.99. The van der Waals surface area contributed by atoms with Gasteiger partial charge < -0.3 is 15.1 Å². The van der Waals surface area contributed by atoms with Gasteiger partial charge >= 0.3 is 0 Å². The summed E-state index contributed by atoms with van der Waals surface area (Å²) in [5.74, 6) is 0.681. The van der Waals surface area contributed by atoms with Crippen LogP contribution in [0.4, 0.5) is 5.82 Å². The Balaban J connectivity index is 1.66. The Morgan fingerprint density at radius 2 is 2.04 bits per heavy atom. The molecule has 0 fully saturated rings. The van der Waals surface area contributed by atoms with E-state index < -0.39 is 5.60 Å². The summed E-state index contributed by atoms with van der Waals surface area (Å²) in [6.45, 7) is 4.75. The largest absolute Gasteiger partial charge is 0.379 e. The zero-order valence-electron chi connectivity index (χ0n) is 15.4. The van der Waals surface area contributed by atoms with E-state index in [0.717, 1.165) is 23.6 Å². The second kappa shape index (κ2) is 7.56. The van der Waals surface area contributed by atoms with Gasteiger partial charge in [-0.15, -0.1) is 0 Å². The van der Waals surface area contributed by atoms with Crippen LogP contribution in [-0.4, -0.2) is 29.3 Å². The van der Waals surface area contributed by atoms with E-state index in [1.165, 1.54) is 5.56 Å². The zero-order chi connectivity index (χ0) is 18.6. The van der Waals surface area contributed by atoms with Crippen molar-refractivity contribution >= 4 is 17.4 Å². The first kappa shape index (κ1) is 17.9. The minimum Gasteiger partial charge on any atom is -0.379 e. The molecular weight excluding hydrogens is 328 g/mol. The number of nitrogens with zero attached hydrogens (tertiary/aromatic N) is 3. The van der Waals surface area contributed by atoms with Crippen molar-refractivity contribution in [2.24, 2.45) is 5.16 Å². The first-order valence-electron chi connectivity index (χ1n) is 8.67.